The molecule has 118 valence electrons. The number of carbonyl (C=O) groups is 1. The zero-order valence-corrected chi connectivity index (χ0v) is 14.2. The molecule has 2 N–H and O–H groups in total. The maximum absolute atomic E-state index is 11.1. The van der Waals surface area contributed by atoms with Crippen molar-refractivity contribution >= 4 is 5.97 Å². The monoisotopic (exact) mass is 292 g/mol. The molecular formula is C18H28O3. The fraction of sp³-hybridized carbons (Fsp3) is 0.611. The first kappa shape index (κ1) is 17.5. The summed E-state index contributed by atoms with van der Waals surface area (Å²) in [5.74, 6) is -1.12. The molecule has 0 heterocycles. The Morgan fingerprint density at radius 3 is 2.00 bits per heavy atom. The Kier molecular flexibility index (Phi) is 4.76. The van der Waals surface area contributed by atoms with Gasteiger partial charge in [-0.05, 0) is 33.9 Å². The number of hydrogen-bond donors (Lipinski definition) is 2. The van der Waals surface area contributed by atoms with E-state index in [1.165, 1.54) is 0 Å². The van der Waals surface area contributed by atoms with Crippen LogP contribution in [0.25, 0.3) is 0 Å². The van der Waals surface area contributed by atoms with Crippen LogP contribution in [0.3, 0.4) is 0 Å². The summed E-state index contributed by atoms with van der Waals surface area (Å²) >= 11 is 0. The van der Waals surface area contributed by atoms with Crippen LogP contribution in [0.2, 0.25) is 0 Å². The van der Waals surface area contributed by atoms with E-state index in [2.05, 4.69) is 41.5 Å². The third-order valence-corrected chi connectivity index (χ3v) is 3.81. The van der Waals surface area contributed by atoms with Crippen LogP contribution in [-0.4, -0.2) is 16.2 Å². The van der Waals surface area contributed by atoms with Crippen LogP contribution in [0.1, 0.15) is 65.2 Å². The Labute approximate surface area is 128 Å². The Balaban J connectivity index is 3.45. The smallest absolute Gasteiger partial charge is 0.306 e. The van der Waals surface area contributed by atoms with E-state index in [0.717, 1.165) is 16.7 Å². The van der Waals surface area contributed by atoms with E-state index in [1.807, 2.05) is 12.1 Å². The van der Waals surface area contributed by atoms with Crippen molar-refractivity contribution in [2.24, 2.45) is 5.92 Å². The first-order valence-electron chi connectivity index (χ1n) is 7.43. The highest BCUT2D eigenvalue weighted by molar-refractivity contribution is 5.70. The average molecular weight is 292 g/mol. The molecule has 0 aliphatic carbocycles. The van der Waals surface area contributed by atoms with Crippen molar-refractivity contribution in [3.05, 3.63) is 28.8 Å². The Morgan fingerprint density at radius 1 is 1.10 bits per heavy atom. The van der Waals surface area contributed by atoms with Gasteiger partial charge in [-0.25, -0.2) is 0 Å². The molecular weight excluding hydrogens is 264 g/mol. The lowest BCUT2D eigenvalue weighted by Gasteiger charge is -2.28. The molecule has 0 aliphatic rings. The number of carboxylic acid groups (broad SMARTS) is 1. The van der Waals surface area contributed by atoms with Gasteiger partial charge in [0.15, 0.2) is 0 Å². The summed E-state index contributed by atoms with van der Waals surface area (Å²) in [7, 11) is 0. The summed E-state index contributed by atoms with van der Waals surface area (Å²) in [6.45, 7) is 14.2. The molecule has 1 aromatic rings. The topological polar surface area (TPSA) is 57.5 Å². The van der Waals surface area contributed by atoms with Crippen molar-refractivity contribution in [3.8, 4) is 5.75 Å². The number of phenolic OH excluding ortho intramolecular Hbond substituents is 1. The summed E-state index contributed by atoms with van der Waals surface area (Å²) in [4.78, 5) is 11.1. The maximum Gasteiger partial charge on any atom is 0.306 e. The van der Waals surface area contributed by atoms with E-state index in [9.17, 15) is 9.90 Å². The van der Waals surface area contributed by atoms with E-state index >= 15 is 0 Å². The molecule has 1 unspecified atom stereocenters. The van der Waals surface area contributed by atoms with Gasteiger partial charge in [0, 0.05) is 0 Å². The molecule has 0 aromatic heterocycles. The number of aliphatic carboxylic acids is 1. The van der Waals surface area contributed by atoms with Crippen molar-refractivity contribution in [2.75, 3.05) is 0 Å². The molecule has 0 fully saturated rings. The van der Waals surface area contributed by atoms with Gasteiger partial charge < -0.3 is 10.2 Å². The second-order valence-corrected chi connectivity index (χ2v) is 7.97. The van der Waals surface area contributed by atoms with Crippen LogP contribution in [-0.2, 0) is 22.0 Å². The summed E-state index contributed by atoms with van der Waals surface area (Å²) in [5, 5.41) is 19.7. The molecule has 21 heavy (non-hydrogen) atoms. The van der Waals surface area contributed by atoms with Gasteiger partial charge in [-0.2, -0.15) is 0 Å². The van der Waals surface area contributed by atoms with Crippen LogP contribution < -0.4 is 0 Å². The van der Waals surface area contributed by atoms with Crippen LogP contribution in [0, 0.1) is 5.92 Å². The van der Waals surface area contributed by atoms with Crippen molar-refractivity contribution in [3.63, 3.8) is 0 Å². The van der Waals surface area contributed by atoms with Gasteiger partial charge in [0.2, 0.25) is 0 Å². The molecule has 0 bridgehead atoms. The predicted octanol–water partition coefficient (Wildman–Crippen LogP) is 4.25. The molecule has 0 amide bonds. The summed E-state index contributed by atoms with van der Waals surface area (Å²) in [6.07, 6.45) is 0.341. The lowest BCUT2D eigenvalue weighted by molar-refractivity contribution is -0.141. The molecule has 0 saturated heterocycles. The van der Waals surface area contributed by atoms with Gasteiger partial charge in [-0.3, -0.25) is 4.79 Å². The highest BCUT2D eigenvalue weighted by atomic mass is 16.4. The van der Waals surface area contributed by atoms with Crippen LogP contribution in [0.4, 0.5) is 0 Å². The lowest BCUT2D eigenvalue weighted by Crippen LogP contribution is -2.19. The molecule has 0 radical (unpaired) electrons. The fourth-order valence-corrected chi connectivity index (χ4v) is 2.27. The molecule has 1 aromatic carbocycles. The molecule has 3 heteroatoms. The fourth-order valence-electron chi connectivity index (χ4n) is 2.27. The predicted molar refractivity (Wildman–Crippen MR) is 86.0 cm³/mol. The quantitative estimate of drug-likeness (QED) is 0.875. The molecule has 0 saturated carbocycles. The van der Waals surface area contributed by atoms with E-state index in [-0.39, 0.29) is 16.6 Å². The minimum absolute atomic E-state index is 0.0467. The number of rotatable bonds is 3. The Bertz CT molecular complexity index is 531. The SMILES string of the molecule is CC(Cc1cc(C(C)(C)C)cc(C(C)(C)C)c1O)C(=O)O. The van der Waals surface area contributed by atoms with Gasteiger partial charge in [0.1, 0.15) is 5.75 Å². The Morgan fingerprint density at radius 2 is 1.62 bits per heavy atom. The number of hydrogen-bond acceptors (Lipinski definition) is 2. The van der Waals surface area contributed by atoms with Crippen LogP contribution >= 0.6 is 0 Å². The number of aromatic hydroxyl groups is 1. The molecule has 3 nitrogen and oxygen atoms in total. The van der Waals surface area contributed by atoms with E-state index in [4.69, 9.17) is 5.11 Å². The third-order valence-electron chi connectivity index (χ3n) is 3.81. The summed E-state index contributed by atoms with van der Waals surface area (Å²) in [6, 6.07) is 3.99. The molecule has 0 aliphatic heterocycles. The van der Waals surface area contributed by atoms with Gasteiger partial charge >= 0.3 is 5.97 Å². The van der Waals surface area contributed by atoms with Gasteiger partial charge in [0.05, 0.1) is 5.92 Å². The number of carboxylic acids is 1. The van der Waals surface area contributed by atoms with Crippen molar-refractivity contribution in [2.45, 2.75) is 65.7 Å². The normalized spacial score (nSPS) is 14.0. The van der Waals surface area contributed by atoms with E-state index in [0.29, 0.717) is 6.42 Å². The van der Waals surface area contributed by atoms with E-state index < -0.39 is 11.9 Å². The Hall–Kier alpha value is -1.51. The summed E-state index contributed by atoms with van der Waals surface area (Å²) in [5.41, 5.74) is 2.49. The largest absolute Gasteiger partial charge is 0.507 e. The lowest BCUT2D eigenvalue weighted by atomic mass is 9.78. The highest BCUT2D eigenvalue weighted by Gasteiger charge is 2.26. The van der Waals surface area contributed by atoms with Gasteiger partial charge in [0.25, 0.3) is 0 Å². The van der Waals surface area contributed by atoms with Crippen molar-refractivity contribution in [1.29, 1.82) is 0 Å². The number of phenols is 1. The average Bonchev–Trinajstić information content (AvgIpc) is 2.28. The minimum atomic E-state index is -0.840. The standard InChI is InChI=1S/C18H28O3/c1-11(16(20)21)8-12-9-13(17(2,3)4)10-14(15(12)19)18(5,6)7/h9-11,19H,8H2,1-7H3,(H,20,21). The summed E-state index contributed by atoms with van der Waals surface area (Å²) < 4.78 is 0. The van der Waals surface area contributed by atoms with Gasteiger partial charge in [-0.1, -0.05) is 60.6 Å². The third kappa shape index (κ3) is 4.23. The highest BCUT2D eigenvalue weighted by Crippen LogP contribution is 2.38. The van der Waals surface area contributed by atoms with Crippen LogP contribution in [0.5, 0.6) is 5.75 Å². The second-order valence-electron chi connectivity index (χ2n) is 7.97. The zero-order chi connectivity index (χ0) is 16.6. The van der Waals surface area contributed by atoms with Crippen molar-refractivity contribution in [1.82, 2.24) is 0 Å². The van der Waals surface area contributed by atoms with Crippen molar-refractivity contribution < 1.29 is 15.0 Å². The number of benzene rings is 1. The van der Waals surface area contributed by atoms with E-state index in [1.54, 1.807) is 6.92 Å². The first-order chi connectivity index (χ1) is 9.34. The zero-order valence-electron chi connectivity index (χ0n) is 14.2. The molecule has 0 spiro atoms. The maximum atomic E-state index is 11.1. The minimum Gasteiger partial charge on any atom is -0.507 e. The molecule has 1 atom stereocenters. The van der Waals surface area contributed by atoms with Gasteiger partial charge in [-0.15, -0.1) is 0 Å². The molecule has 1 rings (SSSR count). The second kappa shape index (κ2) is 5.70. The van der Waals surface area contributed by atoms with Crippen LogP contribution in [0.15, 0.2) is 12.1 Å². The first-order valence-corrected chi connectivity index (χ1v) is 7.43.